The van der Waals surface area contributed by atoms with Gasteiger partial charge in [0.05, 0.1) is 22.7 Å². The highest BCUT2D eigenvalue weighted by molar-refractivity contribution is 9.10. The molecule has 18 heavy (non-hydrogen) atoms. The minimum Gasteiger partial charge on any atom is -0.397 e. The van der Waals surface area contributed by atoms with E-state index in [-0.39, 0.29) is 6.29 Å². The van der Waals surface area contributed by atoms with Crippen molar-refractivity contribution in [3.8, 4) is 0 Å². The Hall–Kier alpha value is -1.95. The molecule has 0 fully saturated rings. The molecule has 1 aliphatic rings. The van der Waals surface area contributed by atoms with Crippen LogP contribution in [-0.4, -0.2) is 0 Å². The number of benzene rings is 1. The van der Waals surface area contributed by atoms with Gasteiger partial charge in [-0.25, -0.2) is 0 Å². The number of nitrogens with zero attached hydrogens (tertiary/aromatic N) is 1. The van der Waals surface area contributed by atoms with Crippen LogP contribution in [0.5, 0.6) is 0 Å². The molecular weight excluding hydrogens is 294 g/mol. The summed E-state index contributed by atoms with van der Waals surface area (Å²) in [5, 5.41) is 6.68. The van der Waals surface area contributed by atoms with Gasteiger partial charge in [0.25, 0.3) is 0 Å². The van der Waals surface area contributed by atoms with E-state index in [1.165, 1.54) is 0 Å². The Morgan fingerprint density at radius 2 is 1.50 bits per heavy atom. The van der Waals surface area contributed by atoms with Crippen molar-refractivity contribution in [2.75, 3.05) is 22.1 Å². The van der Waals surface area contributed by atoms with Gasteiger partial charge in [-0.05, 0) is 12.1 Å². The maximum atomic E-state index is 5.79. The molecule has 1 aromatic heterocycles. The number of nitrogens with one attached hydrogen (secondary N) is 2. The van der Waals surface area contributed by atoms with Gasteiger partial charge in [-0.2, -0.15) is 4.57 Å². The number of pyridine rings is 1. The molecule has 0 bridgehead atoms. The number of anilines is 4. The first-order chi connectivity index (χ1) is 8.63. The standard InChI is InChI=1S/C12H13BrN5/c13-7-1-3-18(4-2-7)12-16-10-5-8(14)9(15)6-11(10)17-12/h1-6,12,16-17H,14-15H2/q+1. The number of rotatable bonds is 1. The lowest BCUT2D eigenvalue weighted by atomic mass is 10.2. The van der Waals surface area contributed by atoms with Crippen molar-refractivity contribution in [2.24, 2.45) is 0 Å². The second-order valence-corrected chi connectivity index (χ2v) is 5.10. The molecular formula is C12H13BrN5+. The van der Waals surface area contributed by atoms with Crippen molar-refractivity contribution >= 4 is 38.7 Å². The molecule has 0 spiro atoms. The highest BCUT2D eigenvalue weighted by atomic mass is 79.9. The van der Waals surface area contributed by atoms with E-state index in [9.17, 15) is 0 Å². The molecule has 1 aliphatic heterocycles. The minimum atomic E-state index is -0.0331. The maximum Gasteiger partial charge on any atom is 0.311 e. The number of halogens is 1. The summed E-state index contributed by atoms with van der Waals surface area (Å²) in [6, 6.07) is 7.65. The van der Waals surface area contributed by atoms with E-state index < -0.39 is 0 Å². The van der Waals surface area contributed by atoms with Crippen LogP contribution in [0.1, 0.15) is 6.29 Å². The average Bonchev–Trinajstić information content (AvgIpc) is 2.73. The van der Waals surface area contributed by atoms with Gasteiger partial charge < -0.3 is 22.1 Å². The molecule has 0 saturated heterocycles. The second-order valence-electron chi connectivity index (χ2n) is 4.18. The number of fused-ring (bicyclic) bond motifs is 1. The van der Waals surface area contributed by atoms with Gasteiger partial charge in [-0.15, -0.1) is 0 Å². The van der Waals surface area contributed by atoms with Crippen LogP contribution >= 0.6 is 15.9 Å². The third-order valence-electron chi connectivity index (χ3n) is 2.92. The molecule has 0 aliphatic carbocycles. The number of aromatic nitrogens is 1. The fourth-order valence-electron chi connectivity index (χ4n) is 1.94. The third-order valence-corrected chi connectivity index (χ3v) is 3.45. The van der Waals surface area contributed by atoms with Gasteiger partial charge >= 0.3 is 6.29 Å². The smallest absolute Gasteiger partial charge is 0.311 e. The maximum absolute atomic E-state index is 5.79. The summed E-state index contributed by atoms with van der Waals surface area (Å²) in [5.41, 5.74) is 14.7. The number of hydrogen-bond acceptors (Lipinski definition) is 4. The Kier molecular flexibility index (Phi) is 2.52. The number of hydrogen-bond donors (Lipinski definition) is 4. The highest BCUT2D eigenvalue weighted by Crippen LogP contribution is 2.35. The van der Waals surface area contributed by atoms with Gasteiger partial charge in [0, 0.05) is 16.6 Å². The fourth-order valence-corrected chi connectivity index (χ4v) is 2.18. The predicted molar refractivity (Wildman–Crippen MR) is 75.9 cm³/mol. The van der Waals surface area contributed by atoms with Crippen LogP contribution in [0.2, 0.25) is 0 Å². The largest absolute Gasteiger partial charge is 0.397 e. The summed E-state index contributed by atoms with van der Waals surface area (Å²) in [6.07, 6.45) is 3.93. The molecule has 3 rings (SSSR count). The molecule has 0 unspecified atom stereocenters. The first kappa shape index (κ1) is 11.2. The molecule has 0 amide bonds. The minimum absolute atomic E-state index is 0.0331. The Morgan fingerprint density at radius 1 is 1.00 bits per heavy atom. The second kappa shape index (κ2) is 4.06. The summed E-state index contributed by atoms with van der Waals surface area (Å²) < 4.78 is 3.07. The zero-order valence-electron chi connectivity index (χ0n) is 9.52. The van der Waals surface area contributed by atoms with Gasteiger partial charge in [-0.3, -0.25) is 0 Å². The van der Waals surface area contributed by atoms with E-state index in [2.05, 4.69) is 26.6 Å². The molecule has 92 valence electrons. The quantitative estimate of drug-likeness (QED) is 0.479. The molecule has 2 aromatic rings. The van der Waals surface area contributed by atoms with Crippen molar-refractivity contribution in [2.45, 2.75) is 6.29 Å². The molecule has 6 N–H and O–H groups in total. The van der Waals surface area contributed by atoms with Gasteiger partial charge in [-0.1, -0.05) is 15.9 Å². The van der Waals surface area contributed by atoms with Crippen LogP contribution < -0.4 is 26.7 Å². The molecule has 5 nitrogen and oxygen atoms in total. The molecule has 0 saturated carbocycles. The van der Waals surface area contributed by atoms with Crippen LogP contribution in [0.3, 0.4) is 0 Å². The monoisotopic (exact) mass is 306 g/mol. The normalized spacial score (nSPS) is 13.8. The lowest BCUT2D eigenvalue weighted by Gasteiger charge is -2.06. The molecule has 0 radical (unpaired) electrons. The van der Waals surface area contributed by atoms with Crippen molar-refractivity contribution in [1.82, 2.24) is 0 Å². The van der Waals surface area contributed by atoms with Crippen molar-refractivity contribution in [3.05, 3.63) is 41.1 Å². The lowest BCUT2D eigenvalue weighted by molar-refractivity contribution is -0.710. The van der Waals surface area contributed by atoms with E-state index in [0.29, 0.717) is 11.4 Å². The summed E-state index contributed by atoms with van der Waals surface area (Å²) in [6.45, 7) is 0. The van der Waals surface area contributed by atoms with Crippen LogP contribution in [-0.2, 0) is 0 Å². The van der Waals surface area contributed by atoms with Crippen LogP contribution in [0, 0.1) is 0 Å². The topological polar surface area (TPSA) is 80.0 Å². The van der Waals surface area contributed by atoms with Gasteiger partial charge in [0.15, 0.2) is 12.4 Å². The summed E-state index contributed by atoms with van der Waals surface area (Å²) >= 11 is 3.41. The van der Waals surface area contributed by atoms with Gasteiger partial charge in [0.2, 0.25) is 0 Å². The Morgan fingerprint density at radius 3 is 2.00 bits per heavy atom. The molecule has 1 aromatic carbocycles. The van der Waals surface area contributed by atoms with E-state index in [4.69, 9.17) is 11.5 Å². The molecule has 0 atom stereocenters. The van der Waals surface area contributed by atoms with Crippen LogP contribution in [0.25, 0.3) is 0 Å². The summed E-state index contributed by atoms with van der Waals surface area (Å²) in [5.74, 6) is 0. The Labute approximate surface area is 113 Å². The molecule has 2 heterocycles. The Balaban J connectivity index is 1.91. The van der Waals surface area contributed by atoms with Crippen LogP contribution in [0.15, 0.2) is 41.1 Å². The summed E-state index contributed by atoms with van der Waals surface area (Å²) in [7, 11) is 0. The van der Waals surface area contributed by atoms with E-state index in [1.807, 2.05) is 41.2 Å². The van der Waals surface area contributed by atoms with E-state index in [1.54, 1.807) is 0 Å². The van der Waals surface area contributed by atoms with Crippen LogP contribution in [0.4, 0.5) is 22.7 Å². The Bertz CT molecular complexity index is 565. The van der Waals surface area contributed by atoms with E-state index >= 15 is 0 Å². The highest BCUT2D eigenvalue weighted by Gasteiger charge is 2.26. The zero-order chi connectivity index (χ0) is 12.7. The first-order valence-corrected chi connectivity index (χ1v) is 6.31. The molecule has 6 heteroatoms. The summed E-state index contributed by atoms with van der Waals surface area (Å²) in [4.78, 5) is 0. The van der Waals surface area contributed by atoms with Crippen molar-refractivity contribution in [3.63, 3.8) is 0 Å². The lowest BCUT2D eigenvalue weighted by Crippen LogP contribution is -2.45. The van der Waals surface area contributed by atoms with Gasteiger partial charge in [0.1, 0.15) is 0 Å². The fraction of sp³-hybridized carbons (Fsp3) is 0.0833. The zero-order valence-corrected chi connectivity index (χ0v) is 11.1. The number of nitrogens with two attached hydrogens (primary N) is 2. The van der Waals surface area contributed by atoms with E-state index in [0.717, 1.165) is 15.8 Å². The first-order valence-electron chi connectivity index (χ1n) is 5.52. The number of nitrogen functional groups attached to an aromatic ring is 2. The predicted octanol–water partition coefficient (Wildman–Crippen LogP) is 1.89. The third kappa shape index (κ3) is 1.84. The SMILES string of the molecule is Nc1cc2c(cc1N)NC([n+]1ccc(Br)cc1)N2. The average molecular weight is 307 g/mol. The van der Waals surface area contributed by atoms with Crippen molar-refractivity contribution in [1.29, 1.82) is 0 Å². The van der Waals surface area contributed by atoms with Crippen molar-refractivity contribution < 1.29 is 4.57 Å².